The molecule has 84 valence electrons. The van der Waals surface area contributed by atoms with Crippen molar-refractivity contribution in [3.8, 4) is 0 Å². The van der Waals surface area contributed by atoms with Crippen LogP contribution in [-0.2, 0) is 4.84 Å². The Labute approximate surface area is 101 Å². The van der Waals surface area contributed by atoms with E-state index < -0.39 is 6.10 Å². The third kappa shape index (κ3) is 1.96. The summed E-state index contributed by atoms with van der Waals surface area (Å²) in [5.74, 6) is 0. The highest BCUT2D eigenvalue weighted by molar-refractivity contribution is 6.65. The average Bonchev–Trinajstić information content (AvgIpc) is 2.69. The quantitative estimate of drug-likeness (QED) is 0.826. The first-order chi connectivity index (χ1) is 7.61. The molecule has 0 spiro atoms. The summed E-state index contributed by atoms with van der Waals surface area (Å²) in [7, 11) is 0. The number of hydrogen-bond acceptors (Lipinski definition) is 5. The van der Waals surface area contributed by atoms with Crippen LogP contribution in [0.25, 0.3) is 0 Å². The van der Waals surface area contributed by atoms with Crippen molar-refractivity contribution in [3.63, 3.8) is 0 Å². The van der Waals surface area contributed by atoms with Crippen molar-refractivity contribution in [2.24, 2.45) is 5.16 Å². The number of carbonyl (C=O) groups excluding carboxylic acids is 1. The molecule has 1 unspecified atom stereocenters. The highest BCUT2D eigenvalue weighted by atomic mass is 35.5. The summed E-state index contributed by atoms with van der Waals surface area (Å²) in [4.78, 5) is 19.8. The van der Waals surface area contributed by atoms with Crippen LogP contribution >= 0.6 is 23.2 Å². The van der Waals surface area contributed by atoms with Gasteiger partial charge < -0.3 is 10.6 Å². The summed E-state index contributed by atoms with van der Waals surface area (Å²) >= 11 is 11.5. The number of aromatic nitrogens is 1. The molecule has 0 fully saturated rings. The number of hydrogen-bond donors (Lipinski definition) is 1. The van der Waals surface area contributed by atoms with Crippen LogP contribution in [0.1, 0.15) is 28.7 Å². The predicted octanol–water partition coefficient (Wildman–Crippen LogP) is 2.14. The maximum absolute atomic E-state index is 10.7. The van der Waals surface area contributed by atoms with Gasteiger partial charge in [0.2, 0.25) is 0 Å². The lowest BCUT2D eigenvalue weighted by molar-refractivity contribution is 0.0824. The summed E-state index contributed by atoms with van der Waals surface area (Å²) in [6, 6.07) is 1.55. The lowest BCUT2D eigenvalue weighted by Gasteiger charge is -2.10. The Morgan fingerprint density at radius 2 is 2.31 bits per heavy atom. The molecule has 2 N–H and O–H groups in total. The van der Waals surface area contributed by atoms with Crippen LogP contribution in [0.4, 0.5) is 5.69 Å². The highest BCUT2D eigenvalue weighted by Gasteiger charge is 2.24. The van der Waals surface area contributed by atoms with E-state index in [-0.39, 0.29) is 16.4 Å². The molecule has 1 aromatic heterocycles. The Kier molecular flexibility index (Phi) is 2.98. The van der Waals surface area contributed by atoms with Gasteiger partial charge in [-0.15, -0.1) is 0 Å². The molecule has 0 saturated heterocycles. The summed E-state index contributed by atoms with van der Waals surface area (Å²) in [6.45, 7) is 0. The number of rotatable bonds is 2. The molecule has 1 aliphatic heterocycles. The first-order valence-electron chi connectivity index (χ1n) is 4.41. The second kappa shape index (κ2) is 4.27. The number of anilines is 1. The maximum atomic E-state index is 10.7. The molecule has 0 aliphatic carbocycles. The molecule has 7 heteroatoms. The van der Waals surface area contributed by atoms with Gasteiger partial charge in [-0.1, -0.05) is 28.4 Å². The highest BCUT2D eigenvalue weighted by Crippen LogP contribution is 2.31. The minimum Gasteiger partial charge on any atom is -0.397 e. The molecular weight excluding hydrogens is 253 g/mol. The van der Waals surface area contributed by atoms with E-state index >= 15 is 0 Å². The van der Waals surface area contributed by atoms with Crippen LogP contribution in [0.5, 0.6) is 0 Å². The summed E-state index contributed by atoms with van der Waals surface area (Å²) in [5.41, 5.74) is 6.50. The molecule has 1 aliphatic rings. The number of halogens is 2. The zero-order valence-corrected chi connectivity index (χ0v) is 9.50. The van der Waals surface area contributed by atoms with Crippen molar-refractivity contribution in [2.45, 2.75) is 12.5 Å². The Hall–Kier alpha value is -1.33. The molecule has 0 amide bonds. The SMILES string of the molecule is Nc1cc(C2CC(Cl)=NO2)nc(C=O)c1Cl. The summed E-state index contributed by atoms with van der Waals surface area (Å²) < 4.78 is 0. The molecule has 2 heterocycles. The van der Waals surface area contributed by atoms with Gasteiger partial charge in [-0.05, 0) is 6.07 Å². The second-order valence-corrected chi connectivity index (χ2v) is 4.03. The molecule has 16 heavy (non-hydrogen) atoms. The number of carbonyl (C=O) groups is 1. The Bertz CT molecular complexity index is 476. The van der Waals surface area contributed by atoms with E-state index in [0.29, 0.717) is 23.6 Å². The molecule has 0 saturated carbocycles. The Morgan fingerprint density at radius 1 is 1.56 bits per heavy atom. The van der Waals surface area contributed by atoms with Crippen LogP contribution in [0.3, 0.4) is 0 Å². The van der Waals surface area contributed by atoms with Crippen molar-refractivity contribution < 1.29 is 9.63 Å². The monoisotopic (exact) mass is 259 g/mol. The molecule has 0 bridgehead atoms. The number of nitrogen functional groups attached to an aromatic ring is 1. The van der Waals surface area contributed by atoms with Gasteiger partial charge in [0.05, 0.1) is 16.4 Å². The standard InChI is InChI=1S/C9H7Cl2N3O2/c10-8-2-7(16-14-8)5-1-4(12)9(11)6(3-15)13-5/h1,3,7H,2H2,(H2,12,13). The lowest BCUT2D eigenvalue weighted by Crippen LogP contribution is -2.05. The van der Waals surface area contributed by atoms with Crippen LogP contribution in [0.2, 0.25) is 5.02 Å². The van der Waals surface area contributed by atoms with Crippen LogP contribution in [0.15, 0.2) is 11.2 Å². The van der Waals surface area contributed by atoms with Gasteiger partial charge in [0, 0.05) is 6.42 Å². The van der Waals surface area contributed by atoms with E-state index in [0.717, 1.165) is 0 Å². The third-order valence-corrected chi connectivity index (χ3v) is 2.74. The third-order valence-electron chi connectivity index (χ3n) is 2.11. The predicted molar refractivity (Wildman–Crippen MR) is 60.8 cm³/mol. The fourth-order valence-electron chi connectivity index (χ4n) is 1.34. The topological polar surface area (TPSA) is 77.6 Å². The Morgan fingerprint density at radius 3 is 2.88 bits per heavy atom. The van der Waals surface area contributed by atoms with E-state index in [1.165, 1.54) is 0 Å². The number of aldehydes is 1. The van der Waals surface area contributed by atoms with Crippen molar-refractivity contribution in [1.29, 1.82) is 0 Å². The normalized spacial score (nSPS) is 19.1. The number of pyridine rings is 1. The fourth-order valence-corrected chi connectivity index (χ4v) is 1.66. The first-order valence-corrected chi connectivity index (χ1v) is 5.16. The number of oxime groups is 1. The summed E-state index contributed by atoms with van der Waals surface area (Å²) in [5, 5.41) is 4.08. The van der Waals surface area contributed by atoms with Gasteiger partial charge in [-0.3, -0.25) is 4.79 Å². The average molecular weight is 260 g/mol. The van der Waals surface area contributed by atoms with Crippen LogP contribution in [0, 0.1) is 0 Å². The van der Waals surface area contributed by atoms with Crippen molar-refractivity contribution in [2.75, 3.05) is 5.73 Å². The molecule has 0 radical (unpaired) electrons. The summed E-state index contributed by atoms with van der Waals surface area (Å²) in [6.07, 6.45) is 0.541. The number of nitrogens with zero attached hydrogens (tertiary/aromatic N) is 2. The maximum Gasteiger partial charge on any atom is 0.175 e. The second-order valence-electron chi connectivity index (χ2n) is 3.22. The van der Waals surface area contributed by atoms with Gasteiger partial charge in [-0.25, -0.2) is 4.98 Å². The fraction of sp³-hybridized carbons (Fsp3) is 0.222. The van der Waals surface area contributed by atoms with Crippen LogP contribution < -0.4 is 5.73 Å². The van der Waals surface area contributed by atoms with Crippen molar-refractivity contribution in [3.05, 3.63) is 22.5 Å². The van der Waals surface area contributed by atoms with E-state index in [4.69, 9.17) is 33.8 Å². The zero-order valence-electron chi connectivity index (χ0n) is 7.98. The van der Waals surface area contributed by atoms with Crippen molar-refractivity contribution in [1.82, 2.24) is 4.98 Å². The molecule has 5 nitrogen and oxygen atoms in total. The largest absolute Gasteiger partial charge is 0.397 e. The van der Waals surface area contributed by atoms with Gasteiger partial charge in [-0.2, -0.15) is 0 Å². The van der Waals surface area contributed by atoms with Gasteiger partial charge in [0.1, 0.15) is 10.9 Å². The minimum absolute atomic E-state index is 0.0864. The smallest absolute Gasteiger partial charge is 0.175 e. The van der Waals surface area contributed by atoms with E-state index in [1.54, 1.807) is 6.07 Å². The van der Waals surface area contributed by atoms with Gasteiger partial charge >= 0.3 is 0 Å². The molecule has 2 rings (SSSR count). The molecule has 1 aromatic rings. The number of nitrogens with two attached hydrogens (primary N) is 1. The van der Waals surface area contributed by atoms with Gasteiger partial charge in [0.15, 0.2) is 12.4 Å². The van der Waals surface area contributed by atoms with Crippen LogP contribution in [-0.4, -0.2) is 16.4 Å². The molecule has 0 aromatic carbocycles. The lowest BCUT2D eigenvalue weighted by atomic mass is 10.1. The first kappa shape index (κ1) is 11.2. The van der Waals surface area contributed by atoms with Gasteiger partial charge in [0.25, 0.3) is 0 Å². The molecule has 1 atom stereocenters. The zero-order chi connectivity index (χ0) is 11.7. The van der Waals surface area contributed by atoms with Crippen molar-refractivity contribution >= 4 is 40.3 Å². The minimum atomic E-state index is -0.411. The molecular formula is C9H7Cl2N3O2. The van der Waals surface area contributed by atoms with E-state index in [1.807, 2.05) is 0 Å². The van der Waals surface area contributed by atoms with E-state index in [9.17, 15) is 4.79 Å². The Balaban J connectivity index is 2.36. The van der Waals surface area contributed by atoms with E-state index in [2.05, 4.69) is 10.1 Å².